The van der Waals surface area contributed by atoms with E-state index in [0.717, 1.165) is 31.7 Å². The zero-order valence-corrected chi connectivity index (χ0v) is 26.7. The van der Waals surface area contributed by atoms with Crippen molar-refractivity contribution in [2.24, 2.45) is 10.7 Å². The Balaban J connectivity index is 1.18. The number of nitrogens with zero attached hydrogens (tertiary/aromatic N) is 5. The Kier molecular flexibility index (Phi) is 7.96. The van der Waals surface area contributed by atoms with Crippen LogP contribution in [-0.2, 0) is 28.7 Å². The molecular formula is C34H36F4N8O2. The number of benzene rings is 1. The van der Waals surface area contributed by atoms with E-state index < -0.39 is 23.3 Å². The van der Waals surface area contributed by atoms with Gasteiger partial charge >= 0.3 is 6.18 Å². The molecule has 0 radical (unpaired) electrons. The van der Waals surface area contributed by atoms with Crippen molar-refractivity contribution in [1.29, 1.82) is 0 Å². The molecule has 3 fully saturated rings. The summed E-state index contributed by atoms with van der Waals surface area (Å²) in [7, 11) is 0. The summed E-state index contributed by atoms with van der Waals surface area (Å²) >= 11 is 0. The number of aryl methyl sites for hydroxylation is 2. The van der Waals surface area contributed by atoms with E-state index in [1.165, 1.54) is 12.1 Å². The van der Waals surface area contributed by atoms with E-state index in [0.29, 0.717) is 89.4 Å². The van der Waals surface area contributed by atoms with E-state index in [2.05, 4.69) is 30.5 Å². The first-order valence-electron chi connectivity index (χ1n) is 16.2. The van der Waals surface area contributed by atoms with Gasteiger partial charge in [0.25, 0.3) is 5.91 Å². The zero-order chi connectivity index (χ0) is 34.0. The number of nitrogens with two attached hydrogens (primary N) is 1. The van der Waals surface area contributed by atoms with Crippen LogP contribution in [-0.4, -0.2) is 57.3 Å². The van der Waals surface area contributed by atoms with Gasteiger partial charge in [-0.3, -0.25) is 14.6 Å². The summed E-state index contributed by atoms with van der Waals surface area (Å²) in [5, 5.41) is 6.26. The van der Waals surface area contributed by atoms with Crippen molar-refractivity contribution >= 4 is 23.3 Å². The molecule has 3 aromatic rings. The second-order valence-corrected chi connectivity index (χ2v) is 13.3. The Bertz CT molecular complexity index is 1820. The third-order valence-electron chi connectivity index (χ3n) is 9.60. The van der Waals surface area contributed by atoms with Crippen molar-refractivity contribution in [2.45, 2.75) is 89.0 Å². The van der Waals surface area contributed by atoms with Gasteiger partial charge in [0.05, 0.1) is 12.1 Å². The van der Waals surface area contributed by atoms with E-state index >= 15 is 4.39 Å². The molecule has 7 rings (SSSR count). The van der Waals surface area contributed by atoms with Crippen LogP contribution in [0.25, 0.3) is 11.1 Å². The van der Waals surface area contributed by atoms with Crippen LogP contribution in [0.4, 0.5) is 23.2 Å². The molecule has 14 heteroatoms. The topological polar surface area (TPSA) is 138 Å². The van der Waals surface area contributed by atoms with E-state index in [1.54, 1.807) is 13.8 Å². The molecule has 4 aliphatic rings. The summed E-state index contributed by atoms with van der Waals surface area (Å²) in [6.45, 7) is 4.71. The number of amides is 2. The molecular weight excluding hydrogens is 628 g/mol. The number of rotatable bonds is 9. The molecule has 2 aromatic heterocycles. The maximum Gasteiger partial charge on any atom is 0.433 e. The summed E-state index contributed by atoms with van der Waals surface area (Å²) in [6.07, 6.45) is -0.448. The predicted octanol–water partition coefficient (Wildman–Crippen LogP) is 4.39. The van der Waals surface area contributed by atoms with Gasteiger partial charge in [0.15, 0.2) is 0 Å². The standard InChI is InChI=1S/C34H36F4N8O2/c1-17-29(18(2)42-28(41-17)15-27(39)47)20-13-24(35)23(16-40-21-5-6-21)25(14-20)46-11-9-33(10-12-46)32(48)44-31(45-33)22-7-8-26(34(36,37)38)43-30(22)19-3-4-19/h7-8,13-14,19,21,40H,3-6,9-12,15-16H2,1-2H3,(H2,39,47)(H,44,45,48). The molecule has 2 amide bonds. The Morgan fingerprint density at radius 2 is 1.75 bits per heavy atom. The average Bonchev–Trinajstić information content (AvgIpc) is 3.95. The lowest BCUT2D eigenvalue weighted by Crippen LogP contribution is -2.49. The third kappa shape index (κ3) is 6.25. The SMILES string of the molecule is Cc1nc(CC(N)=O)nc(C)c1-c1cc(F)c(CNC2CC2)c(N2CCC3(CC2)N=C(c2ccc(C(F)(F)F)nc2C2CC2)NC3=O)c1. The maximum absolute atomic E-state index is 16.0. The number of piperidine rings is 1. The fourth-order valence-electron chi connectivity index (χ4n) is 6.80. The molecule has 48 heavy (non-hydrogen) atoms. The van der Waals surface area contributed by atoms with Crippen molar-refractivity contribution in [3.05, 3.63) is 69.8 Å². The summed E-state index contributed by atoms with van der Waals surface area (Å²) in [5.41, 5.74) is 7.71. The molecule has 2 saturated carbocycles. The first-order valence-corrected chi connectivity index (χ1v) is 16.2. The number of hydrogen-bond acceptors (Lipinski definition) is 8. The van der Waals surface area contributed by atoms with Gasteiger partial charge in [-0.2, -0.15) is 13.2 Å². The van der Waals surface area contributed by atoms with Crippen LogP contribution in [0.1, 0.15) is 84.2 Å². The second kappa shape index (κ2) is 11.9. The summed E-state index contributed by atoms with van der Waals surface area (Å²) in [4.78, 5) is 44.7. The van der Waals surface area contributed by atoms with Crippen molar-refractivity contribution < 1.29 is 27.2 Å². The molecule has 4 N–H and O–H groups in total. The minimum absolute atomic E-state index is 0.0952. The fraction of sp³-hybridized carbons (Fsp3) is 0.471. The van der Waals surface area contributed by atoms with Gasteiger partial charge in [0.1, 0.15) is 28.7 Å². The minimum Gasteiger partial charge on any atom is -0.371 e. The lowest BCUT2D eigenvalue weighted by Gasteiger charge is -2.38. The van der Waals surface area contributed by atoms with Gasteiger partial charge in [0, 0.05) is 65.4 Å². The molecule has 1 aromatic carbocycles. The van der Waals surface area contributed by atoms with Crippen LogP contribution in [0.3, 0.4) is 0 Å². The smallest absolute Gasteiger partial charge is 0.371 e. The lowest BCUT2D eigenvalue weighted by atomic mass is 9.87. The number of alkyl halides is 3. The van der Waals surface area contributed by atoms with Crippen LogP contribution in [0.5, 0.6) is 0 Å². The number of carbonyl (C=O) groups is 2. The first kappa shape index (κ1) is 32.1. The Labute approximate surface area is 274 Å². The van der Waals surface area contributed by atoms with E-state index in [9.17, 15) is 22.8 Å². The van der Waals surface area contributed by atoms with Gasteiger partial charge in [-0.1, -0.05) is 0 Å². The summed E-state index contributed by atoms with van der Waals surface area (Å²) < 4.78 is 56.3. The highest BCUT2D eigenvalue weighted by molar-refractivity contribution is 6.16. The first-order chi connectivity index (χ1) is 22.8. The highest BCUT2D eigenvalue weighted by Crippen LogP contribution is 2.43. The molecule has 0 atom stereocenters. The van der Waals surface area contributed by atoms with Crippen LogP contribution < -0.4 is 21.3 Å². The van der Waals surface area contributed by atoms with Crippen molar-refractivity contribution in [2.75, 3.05) is 18.0 Å². The maximum atomic E-state index is 16.0. The van der Waals surface area contributed by atoms with Gasteiger partial charge in [-0.05, 0) is 82.2 Å². The summed E-state index contributed by atoms with van der Waals surface area (Å²) in [5.74, 6) is -0.755. The van der Waals surface area contributed by atoms with Crippen LogP contribution in [0.15, 0.2) is 29.3 Å². The van der Waals surface area contributed by atoms with Crippen LogP contribution in [0.2, 0.25) is 0 Å². The second-order valence-electron chi connectivity index (χ2n) is 13.3. The number of nitrogens with one attached hydrogen (secondary N) is 2. The number of pyridine rings is 1. The fourth-order valence-corrected chi connectivity index (χ4v) is 6.80. The normalized spacial score (nSPS) is 19.1. The van der Waals surface area contributed by atoms with E-state index in [-0.39, 0.29) is 29.9 Å². The Hall–Kier alpha value is -4.46. The third-order valence-corrected chi connectivity index (χ3v) is 9.60. The minimum atomic E-state index is -4.57. The van der Waals surface area contributed by atoms with Gasteiger partial charge in [0.2, 0.25) is 5.91 Å². The molecule has 2 aliphatic carbocycles. The van der Waals surface area contributed by atoms with Crippen molar-refractivity contribution in [3.8, 4) is 11.1 Å². The number of hydrogen-bond donors (Lipinski definition) is 3. The number of aromatic nitrogens is 3. The number of halogens is 4. The number of carbonyl (C=O) groups excluding carboxylic acids is 2. The molecule has 1 saturated heterocycles. The van der Waals surface area contributed by atoms with Crippen LogP contribution >= 0.6 is 0 Å². The van der Waals surface area contributed by atoms with E-state index in [4.69, 9.17) is 10.7 Å². The quantitative estimate of drug-likeness (QED) is 0.289. The van der Waals surface area contributed by atoms with Gasteiger partial charge in [-0.25, -0.2) is 19.3 Å². The highest BCUT2D eigenvalue weighted by atomic mass is 19.4. The van der Waals surface area contributed by atoms with E-state index in [1.807, 2.05) is 6.07 Å². The molecule has 4 heterocycles. The molecule has 0 unspecified atom stereocenters. The number of primary amides is 1. The van der Waals surface area contributed by atoms with Crippen molar-refractivity contribution in [3.63, 3.8) is 0 Å². The number of anilines is 1. The predicted molar refractivity (Wildman–Crippen MR) is 170 cm³/mol. The summed E-state index contributed by atoms with van der Waals surface area (Å²) in [6, 6.07) is 6.06. The molecule has 252 valence electrons. The molecule has 1 spiro atoms. The Morgan fingerprint density at radius 3 is 2.35 bits per heavy atom. The molecule has 10 nitrogen and oxygen atoms in total. The number of aliphatic imine (C=N–C) groups is 1. The largest absolute Gasteiger partial charge is 0.433 e. The van der Waals surface area contributed by atoms with Crippen molar-refractivity contribution in [1.82, 2.24) is 25.6 Å². The number of amidine groups is 1. The van der Waals surface area contributed by atoms with Gasteiger partial charge < -0.3 is 21.3 Å². The lowest BCUT2D eigenvalue weighted by molar-refractivity contribution is -0.141. The average molecular weight is 665 g/mol. The monoisotopic (exact) mass is 664 g/mol. The zero-order valence-electron chi connectivity index (χ0n) is 26.7. The van der Waals surface area contributed by atoms with Gasteiger partial charge in [-0.15, -0.1) is 0 Å². The molecule has 0 bridgehead atoms. The Morgan fingerprint density at radius 1 is 1.06 bits per heavy atom. The molecule has 2 aliphatic heterocycles. The van der Waals surface area contributed by atoms with Crippen LogP contribution in [0, 0.1) is 19.7 Å². The highest BCUT2D eigenvalue weighted by Gasteiger charge is 2.47.